The molecule has 0 spiro atoms. The third kappa shape index (κ3) is 3.14. The number of anilines is 1. The number of fused-ring (bicyclic) bond motifs is 2. The standard InChI is InChI=1S/C27H22ClNO3/c1-4-17-6-8-18(9-7-17)24-23-25(30)21-14-19(28)10-12-22(21)32-26(23)27(31)29(24)20-11-5-15(2)16(3)13-20/h5-14,24H,4H2,1-3H3. The van der Waals surface area contributed by atoms with Crippen LogP contribution in [0.15, 0.2) is 69.9 Å². The first kappa shape index (κ1) is 20.5. The van der Waals surface area contributed by atoms with Crippen molar-refractivity contribution in [2.45, 2.75) is 33.2 Å². The zero-order valence-electron chi connectivity index (χ0n) is 18.1. The highest BCUT2D eigenvalue weighted by molar-refractivity contribution is 6.31. The first-order valence-corrected chi connectivity index (χ1v) is 11.0. The number of hydrogen-bond acceptors (Lipinski definition) is 3. The predicted molar refractivity (Wildman–Crippen MR) is 128 cm³/mol. The normalized spacial score (nSPS) is 15.4. The molecule has 0 radical (unpaired) electrons. The van der Waals surface area contributed by atoms with Gasteiger partial charge < -0.3 is 4.42 Å². The lowest BCUT2D eigenvalue weighted by molar-refractivity contribution is 0.0971. The van der Waals surface area contributed by atoms with E-state index in [0.717, 1.165) is 28.8 Å². The van der Waals surface area contributed by atoms with Crippen molar-refractivity contribution in [1.29, 1.82) is 0 Å². The van der Waals surface area contributed by atoms with Crippen LogP contribution in [0.4, 0.5) is 5.69 Å². The molecule has 0 fully saturated rings. The van der Waals surface area contributed by atoms with Crippen LogP contribution in [0, 0.1) is 13.8 Å². The molecule has 0 bridgehead atoms. The Balaban J connectivity index is 1.80. The van der Waals surface area contributed by atoms with E-state index in [-0.39, 0.29) is 17.1 Å². The van der Waals surface area contributed by atoms with Gasteiger partial charge in [0.2, 0.25) is 5.76 Å². The lowest BCUT2D eigenvalue weighted by atomic mass is 9.96. The van der Waals surface area contributed by atoms with Gasteiger partial charge in [0.05, 0.1) is 17.0 Å². The van der Waals surface area contributed by atoms with E-state index >= 15 is 0 Å². The summed E-state index contributed by atoms with van der Waals surface area (Å²) in [5.74, 6) is -0.227. The topological polar surface area (TPSA) is 50.5 Å². The first-order valence-electron chi connectivity index (χ1n) is 10.6. The van der Waals surface area contributed by atoms with E-state index in [4.69, 9.17) is 16.0 Å². The Kier molecular flexibility index (Phi) is 4.90. The van der Waals surface area contributed by atoms with Crippen LogP contribution in [0.2, 0.25) is 5.02 Å². The molecule has 1 unspecified atom stereocenters. The molecule has 1 amide bonds. The molecule has 2 heterocycles. The van der Waals surface area contributed by atoms with Crippen molar-refractivity contribution in [3.63, 3.8) is 0 Å². The molecule has 0 saturated carbocycles. The second-order valence-electron chi connectivity index (χ2n) is 8.26. The van der Waals surface area contributed by atoms with Gasteiger partial charge in [-0.1, -0.05) is 48.9 Å². The zero-order chi connectivity index (χ0) is 22.6. The van der Waals surface area contributed by atoms with Crippen molar-refractivity contribution in [2.75, 3.05) is 4.90 Å². The van der Waals surface area contributed by atoms with Gasteiger partial charge in [0, 0.05) is 10.7 Å². The minimum Gasteiger partial charge on any atom is -0.450 e. The van der Waals surface area contributed by atoms with Crippen LogP contribution < -0.4 is 10.3 Å². The monoisotopic (exact) mass is 443 g/mol. The van der Waals surface area contributed by atoms with Crippen molar-refractivity contribution < 1.29 is 9.21 Å². The van der Waals surface area contributed by atoms with Crippen LogP contribution in [0.3, 0.4) is 0 Å². The Morgan fingerprint density at radius 1 is 0.938 bits per heavy atom. The molecule has 4 aromatic rings. The molecular weight excluding hydrogens is 422 g/mol. The van der Waals surface area contributed by atoms with Crippen molar-refractivity contribution in [3.05, 3.63) is 109 Å². The van der Waals surface area contributed by atoms with Crippen molar-refractivity contribution in [2.24, 2.45) is 0 Å². The van der Waals surface area contributed by atoms with E-state index in [2.05, 4.69) is 6.92 Å². The third-order valence-electron chi connectivity index (χ3n) is 6.30. The Bertz CT molecular complexity index is 1440. The summed E-state index contributed by atoms with van der Waals surface area (Å²) < 4.78 is 6.00. The van der Waals surface area contributed by atoms with Gasteiger partial charge in [-0.15, -0.1) is 0 Å². The molecule has 4 nitrogen and oxygen atoms in total. The van der Waals surface area contributed by atoms with Crippen LogP contribution in [-0.4, -0.2) is 5.91 Å². The van der Waals surface area contributed by atoms with Crippen molar-refractivity contribution >= 4 is 34.2 Å². The number of hydrogen-bond donors (Lipinski definition) is 0. The van der Waals surface area contributed by atoms with Crippen LogP contribution >= 0.6 is 11.6 Å². The van der Waals surface area contributed by atoms with E-state index in [0.29, 0.717) is 21.6 Å². The average molecular weight is 444 g/mol. The van der Waals surface area contributed by atoms with Gasteiger partial charge >= 0.3 is 0 Å². The molecule has 0 N–H and O–H groups in total. The number of amides is 1. The molecule has 1 aromatic heterocycles. The molecule has 32 heavy (non-hydrogen) atoms. The highest BCUT2D eigenvalue weighted by Gasteiger charge is 2.43. The fourth-order valence-corrected chi connectivity index (χ4v) is 4.51. The largest absolute Gasteiger partial charge is 0.450 e. The Hall–Kier alpha value is -3.37. The summed E-state index contributed by atoms with van der Waals surface area (Å²) in [4.78, 5) is 28.9. The lowest BCUT2D eigenvalue weighted by Crippen LogP contribution is -2.29. The number of rotatable bonds is 3. The fourth-order valence-electron chi connectivity index (χ4n) is 4.34. The van der Waals surface area contributed by atoms with Gasteiger partial charge in [-0.2, -0.15) is 0 Å². The summed E-state index contributed by atoms with van der Waals surface area (Å²) >= 11 is 6.16. The Morgan fingerprint density at radius 2 is 1.69 bits per heavy atom. The van der Waals surface area contributed by atoms with Gasteiger partial charge in [0.25, 0.3) is 5.91 Å². The second kappa shape index (κ2) is 7.64. The number of carbonyl (C=O) groups is 1. The van der Waals surface area contributed by atoms with Gasteiger partial charge in [-0.25, -0.2) is 0 Å². The van der Waals surface area contributed by atoms with E-state index in [1.807, 2.05) is 56.3 Å². The number of nitrogens with zero attached hydrogens (tertiary/aromatic N) is 1. The molecular formula is C27H22ClNO3. The van der Waals surface area contributed by atoms with E-state index in [1.54, 1.807) is 23.1 Å². The average Bonchev–Trinajstić information content (AvgIpc) is 3.09. The van der Waals surface area contributed by atoms with Gasteiger partial charge in [0.1, 0.15) is 5.58 Å². The van der Waals surface area contributed by atoms with Crippen molar-refractivity contribution in [3.8, 4) is 0 Å². The lowest BCUT2D eigenvalue weighted by Gasteiger charge is -2.26. The number of halogens is 1. The van der Waals surface area contributed by atoms with Crippen LogP contribution in [0.5, 0.6) is 0 Å². The third-order valence-corrected chi connectivity index (χ3v) is 6.54. The van der Waals surface area contributed by atoms with Crippen LogP contribution in [0.25, 0.3) is 11.0 Å². The summed E-state index contributed by atoms with van der Waals surface area (Å²) in [7, 11) is 0. The molecule has 1 aliphatic heterocycles. The summed E-state index contributed by atoms with van der Waals surface area (Å²) in [6.07, 6.45) is 0.909. The van der Waals surface area contributed by atoms with E-state index in [1.165, 1.54) is 5.56 Å². The summed E-state index contributed by atoms with van der Waals surface area (Å²) in [5, 5.41) is 0.824. The van der Waals surface area contributed by atoms with Crippen molar-refractivity contribution in [1.82, 2.24) is 0 Å². The number of aryl methyl sites for hydroxylation is 3. The Labute approximate surface area is 191 Å². The summed E-state index contributed by atoms with van der Waals surface area (Å²) in [6.45, 7) is 6.13. The summed E-state index contributed by atoms with van der Waals surface area (Å²) in [5.41, 5.74) is 5.47. The number of carbonyl (C=O) groups excluding carboxylic acids is 1. The molecule has 0 saturated heterocycles. The molecule has 1 aliphatic rings. The smallest absolute Gasteiger partial charge is 0.295 e. The van der Waals surface area contributed by atoms with Crippen LogP contribution in [0.1, 0.15) is 51.3 Å². The maximum absolute atomic E-state index is 13.6. The molecule has 5 rings (SSSR count). The highest BCUT2D eigenvalue weighted by atomic mass is 35.5. The molecule has 5 heteroatoms. The maximum Gasteiger partial charge on any atom is 0.295 e. The zero-order valence-corrected chi connectivity index (χ0v) is 18.9. The maximum atomic E-state index is 13.6. The second-order valence-corrected chi connectivity index (χ2v) is 8.69. The van der Waals surface area contributed by atoms with E-state index in [9.17, 15) is 9.59 Å². The number of benzene rings is 3. The summed E-state index contributed by atoms with van der Waals surface area (Å²) in [6, 6.07) is 18.2. The molecule has 3 aromatic carbocycles. The minimum atomic E-state index is -0.579. The molecule has 160 valence electrons. The first-order chi connectivity index (χ1) is 15.4. The SMILES string of the molecule is CCc1ccc(C2c3c(oc4ccc(Cl)cc4c3=O)C(=O)N2c2ccc(C)c(C)c2)cc1. The fraction of sp³-hybridized carbons (Fsp3) is 0.185. The molecule has 1 atom stereocenters. The van der Waals surface area contributed by atoms with Crippen LogP contribution in [-0.2, 0) is 6.42 Å². The van der Waals surface area contributed by atoms with Gasteiger partial charge in [-0.3, -0.25) is 14.5 Å². The quantitative estimate of drug-likeness (QED) is 0.369. The predicted octanol–water partition coefficient (Wildman–Crippen LogP) is 6.38. The van der Waals surface area contributed by atoms with Gasteiger partial charge in [0.15, 0.2) is 5.43 Å². The minimum absolute atomic E-state index is 0.0904. The van der Waals surface area contributed by atoms with Gasteiger partial charge in [-0.05, 0) is 72.9 Å². The molecule has 0 aliphatic carbocycles. The van der Waals surface area contributed by atoms with E-state index < -0.39 is 6.04 Å². The highest BCUT2D eigenvalue weighted by Crippen LogP contribution is 2.41. The Morgan fingerprint density at radius 3 is 2.38 bits per heavy atom.